The molecule has 0 amide bonds. The molecule has 0 saturated heterocycles. The SMILES string of the molecule is CC1CCCC1Nc1ccc(Cl)nc1. The van der Waals surface area contributed by atoms with Gasteiger partial charge in [-0.15, -0.1) is 0 Å². The molecule has 0 aromatic carbocycles. The van der Waals surface area contributed by atoms with Crippen LogP contribution in [0.25, 0.3) is 0 Å². The molecule has 0 bridgehead atoms. The van der Waals surface area contributed by atoms with Gasteiger partial charge in [-0.1, -0.05) is 24.9 Å². The highest BCUT2D eigenvalue weighted by atomic mass is 35.5. The second kappa shape index (κ2) is 4.18. The summed E-state index contributed by atoms with van der Waals surface area (Å²) < 4.78 is 0. The molecule has 2 nitrogen and oxygen atoms in total. The molecule has 1 aromatic heterocycles. The molecule has 1 fully saturated rings. The molecule has 1 saturated carbocycles. The van der Waals surface area contributed by atoms with Crippen molar-refractivity contribution >= 4 is 17.3 Å². The summed E-state index contributed by atoms with van der Waals surface area (Å²) in [5.41, 5.74) is 1.08. The highest BCUT2D eigenvalue weighted by Gasteiger charge is 2.22. The minimum Gasteiger partial charge on any atom is -0.381 e. The van der Waals surface area contributed by atoms with E-state index in [4.69, 9.17) is 11.6 Å². The molecular formula is C11H15ClN2. The van der Waals surface area contributed by atoms with Crippen molar-refractivity contribution in [2.24, 2.45) is 5.92 Å². The van der Waals surface area contributed by atoms with Gasteiger partial charge in [-0.2, -0.15) is 0 Å². The Hall–Kier alpha value is -0.760. The van der Waals surface area contributed by atoms with E-state index in [0.717, 1.165) is 11.6 Å². The van der Waals surface area contributed by atoms with Gasteiger partial charge in [0.1, 0.15) is 5.15 Å². The van der Waals surface area contributed by atoms with E-state index in [9.17, 15) is 0 Å². The zero-order valence-corrected chi connectivity index (χ0v) is 9.09. The normalized spacial score (nSPS) is 26.4. The average molecular weight is 211 g/mol. The number of hydrogen-bond acceptors (Lipinski definition) is 2. The van der Waals surface area contributed by atoms with Crippen LogP contribution in [-0.4, -0.2) is 11.0 Å². The molecule has 2 atom stereocenters. The van der Waals surface area contributed by atoms with Crippen molar-refractivity contribution in [2.75, 3.05) is 5.32 Å². The Morgan fingerprint density at radius 1 is 1.43 bits per heavy atom. The fraction of sp³-hybridized carbons (Fsp3) is 0.545. The summed E-state index contributed by atoms with van der Waals surface area (Å²) in [6.45, 7) is 2.30. The van der Waals surface area contributed by atoms with E-state index in [2.05, 4.69) is 17.2 Å². The van der Waals surface area contributed by atoms with Crippen LogP contribution in [0.5, 0.6) is 0 Å². The first-order chi connectivity index (χ1) is 6.75. The van der Waals surface area contributed by atoms with E-state index in [1.165, 1.54) is 19.3 Å². The van der Waals surface area contributed by atoms with Gasteiger partial charge in [0, 0.05) is 6.04 Å². The van der Waals surface area contributed by atoms with Crippen LogP contribution in [0.15, 0.2) is 18.3 Å². The molecule has 3 heteroatoms. The number of aromatic nitrogens is 1. The zero-order chi connectivity index (χ0) is 9.97. The van der Waals surface area contributed by atoms with Gasteiger partial charge in [-0.3, -0.25) is 0 Å². The third kappa shape index (κ3) is 2.18. The number of nitrogens with one attached hydrogen (secondary N) is 1. The largest absolute Gasteiger partial charge is 0.381 e. The molecule has 14 heavy (non-hydrogen) atoms. The lowest BCUT2D eigenvalue weighted by molar-refractivity contribution is 0.556. The van der Waals surface area contributed by atoms with Gasteiger partial charge in [0.25, 0.3) is 0 Å². The van der Waals surface area contributed by atoms with Crippen LogP contribution < -0.4 is 5.32 Å². The van der Waals surface area contributed by atoms with Crippen LogP contribution in [-0.2, 0) is 0 Å². The molecule has 2 rings (SSSR count). The quantitative estimate of drug-likeness (QED) is 0.758. The molecule has 0 radical (unpaired) electrons. The third-order valence-electron chi connectivity index (χ3n) is 2.94. The predicted octanol–water partition coefficient (Wildman–Crippen LogP) is 3.34. The van der Waals surface area contributed by atoms with Gasteiger partial charge in [0.2, 0.25) is 0 Å². The lowest BCUT2D eigenvalue weighted by Crippen LogP contribution is -2.21. The van der Waals surface area contributed by atoms with Gasteiger partial charge >= 0.3 is 0 Å². The van der Waals surface area contributed by atoms with Gasteiger partial charge < -0.3 is 5.32 Å². The van der Waals surface area contributed by atoms with E-state index in [0.29, 0.717) is 11.2 Å². The van der Waals surface area contributed by atoms with E-state index >= 15 is 0 Å². The van der Waals surface area contributed by atoms with E-state index in [1.54, 1.807) is 6.20 Å². The van der Waals surface area contributed by atoms with Crippen LogP contribution in [0.2, 0.25) is 5.15 Å². The molecule has 0 spiro atoms. The van der Waals surface area contributed by atoms with Gasteiger partial charge in [0.05, 0.1) is 11.9 Å². The van der Waals surface area contributed by atoms with Crippen molar-refractivity contribution in [3.05, 3.63) is 23.5 Å². The van der Waals surface area contributed by atoms with Crippen molar-refractivity contribution in [3.63, 3.8) is 0 Å². The van der Waals surface area contributed by atoms with Gasteiger partial charge in [-0.05, 0) is 30.9 Å². The van der Waals surface area contributed by atoms with Crippen molar-refractivity contribution in [3.8, 4) is 0 Å². The molecule has 2 unspecified atom stereocenters. The maximum atomic E-state index is 5.72. The number of anilines is 1. The Balaban J connectivity index is 2.00. The third-order valence-corrected chi connectivity index (χ3v) is 3.16. The summed E-state index contributed by atoms with van der Waals surface area (Å²) in [4.78, 5) is 4.05. The van der Waals surface area contributed by atoms with E-state index < -0.39 is 0 Å². The molecule has 1 aliphatic rings. The molecular weight excluding hydrogens is 196 g/mol. The highest BCUT2D eigenvalue weighted by molar-refractivity contribution is 6.29. The molecule has 76 valence electrons. The topological polar surface area (TPSA) is 24.9 Å². The zero-order valence-electron chi connectivity index (χ0n) is 8.33. The maximum absolute atomic E-state index is 5.72. The Morgan fingerprint density at radius 3 is 2.86 bits per heavy atom. The summed E-state index contributed by atoms with van der Waals surface area (Å²) in [5.74, 6) is 0.769. The minimum absolute atomic E-state index is 0.551. The van der Waals surface area contributed by atoms with Crippen molar-refractivity contribution in [1.82, 2.24) is 4.98 Å². The number of hydrogen-bond donors (Lipinski definition) is 1. The Kier molecular flexibility index (Phi) is 2.92. The molecule has 1 N–H and O–H groups in total. The second-order valence-electron chi connectivity index (χ2n) is 4.03. The number of halogens is 1. The molecule has 1 heterocycles. The average Bonchev–Trinajstić information content (AvgIpc) is 2.56. The fourth-order valence-corrected chi connectivity index (χ4v) is 2.15. The Labute approximate surface area is 89.7 Å². The number of rotatable bonds is 2. The molecule has 1 aromatic rings. The van der Waals surface area contributed by atoms with Crippen molar-refractivity contribution < 1.29 is 0 Å². The molecule has 1 aliphatic carbocycles. The summed E-state index contributed by atoms with van der Waals surface area (Å²) in [6.07, 6.45) is 5.73. The van der Waals surface area contributed by atoms with Gasteiger partial charge in [0.15, 0.2) is 0 Å². The first kappa shape index (κ1) is 9.78. The summed E-state index contributed by atoms with van der Waals surface area (Å²) in [5, 5.41) is 4.05. The second-order valence-corrected chi connectivity index (χ2v) is 4.42. The predicted molar refractivity (Wildman–Crippen MR) is 59.7 cm³/mol. The lowest BCUT2D eigenvalue weighted by atomic mass is 10.1. The minimum atomic E-state index is 0.551. The summed E-state index contributed by atoms with van der Waals surface area (Å²) >= 11 is 5.72. The van der Waals surface area contributed by atoms with Crippen molar-refractivity contribution in [1.29, 1.82) is 0 Å². The van der Waals surface area contributed by atoms with Crippen LogP contribution in [0.1, 0.15) is 26.2 Å². The number of nitrogens with zero attached hydrogens (tertiary/aromatic N) is 1. The summed E-state index contributed by atoms with van der Waals surface area (Å²) in [6, 6.07) is 4.42. The van der Waals surface area contributed by atoms with Crippen molar-refractivity contribution in [2.45, 2.75) is 32.2 Å². The smallest absolute Gasteiger partial charge is 0.129 e. The standard InChI is InChI=1S/C11H15ClN2/c1-8-3-2-4-10(8)14-9-5-6-11(12)13-7-9/h5-8,10,14H,2-4H2,1H3. The number of pyridine rings is 1. The summed E-state index contributed by atoms with van der Waals surface area (Å²) in [7, 11) is 0. The highest BCUT2D eigenvalue weighted by Crippen LogP contribution is 2.27. The Morgan fingerprint density at radius 2 is 2.29 bits per heavy atom. The first-order valence-corrected chi connectivity index (χ1v) is 5.51. The van der Waals surface area contributed by atoms with Crippen LogP contribution >= 0.6 is 11.6 Å². The lowest BCUT2D eigenvalue weighted by Gasteiger charge is -2.18. The maximum Gasteiger partial charge on any atom is 0.129 e. The van der Waals surface area contributed by atoms with Crippen LogP contribution in [0.3, 0.4) is 0 Å². The molecule has 0 aliphatic heterocycles. The van der Waals surface area contributed by atoms with Crippen LogP contribution in [0, 0.1) is 5.92 Å². The first-order valence-electron chi connectivity index (χ1n) is 5.14. The Bertz CT molecular complexity index is 297. The van der Waals surface area contributed by atoms with E-state index in [1.807, 2.05) is 12.1 Å². The fourth-order valence-electron chi connectivity index (χ4n) is 2.04. The van der Waals surface area contributed by atoms with Gasteiger partial charge in [-0.25, -0.2) is 4.98 Å². The monoisotopic (exact) mass is 210 g/mol. The van der Waals surface area contributed by atoms with E-state index in [-0.39, 0.29) is 0 Å². The van der Waals surface area contributed by atoms with Crippen LogP contribution in [0.4, 0.5) is 5.69 Å².